The maximum atomic E-state index is 11.6. The number of rotatable bonds is 5. The summed E-state index contributed by atoms with van der Waals surface area (Å²) in [6.45, 7) is 5.81. The van der Waals surface area contributed by atoms with Crippen LogP contribution < -0.4 is 5.32 Å². The van der Waals surface area contributed by atoms with Crippen molar-refractivity contribution < 1.29 is 14.7 Å². The van der Waals surface area contributed by atoms with E-state index in [1.54, 1.807) is 0 Å². The van der Waals surface area contributed by atoms with E-state index in [0.29, 0.717) is 6.54 Å². The fourth-order valence-corrected chi connectivity index (χ4v) is 1.56. The first-order valence-corrected chi connectivity index (χ1v) is 5.90. The Morgan fingerprint density at radius 3 is 2.33 bits per heavy atom. The highest BCUT2D eigenvalue weighted by molar-refractivity contribution is 5.96. The van der Waals surface area contributed by atoms with Crippen LogP contribution in [0.3, 0.4) is 0 Å². The van der Waals surface area contributed by atoms with Gasteiger partial charge in [-0.05, 0) is 12.5 Å². The molecule has 0 bridgehead atoms. The lowest BCUT2D eigenvalue weighted by Crippen LogP contribution is -2.40. The first-order valence-electron chi connectivity index (χ1n) is 5.90. The highest BCUT2D eigenvalue weighted by Gasteiger charge is 2.25. The number of carbonyl (C=O) groups is 2. The van der Waals surface area contributed by atoms with E-state index >= 15 is 0 Å². The zero-order valence-electron chi connectivity index (χ0n) is 10.9. The van der Waals surface area contributed by atoms with Crippen LogP contribution in [-0.2, 0) is 15.0 Å². The number of amides is 1. The molecule has 1 aromatic rings. The molecule has 18 heavy (non-hydrogen) atoms. The Kier molecular flexibility index (Phi) is 4.48. The Balaban J connectivity index is 2.63. The van der Waals surface area contributed by atoms with Gasteiger partial charge in [-0.3, -0.25) is 9.59 Å². The van der Waals surface area contributed by atoms with Crippen LogP contribution in [0.25, 0.3) is 0 Å². The van der Waals surface area contributed by atoms with E-state index < -0.39 is 17.8 Å². The Bertz CT molecular complexity index is 426. The SMILES string of the molecule is CC(C(=O)O)C(=O)NCC(C)(C)c1ccccc1. The lowest BCUT2D eigenvalue weighted by molar-refractivity contribution is -0.146. The van der Waals surface area contributed by atoms with Gasteiger partial charge in [-0.15, -0.1) is 0 Å². The highest BCUT2D eigenvalue weighted by Crippen LogP contribution is 2.21. The molecule has 4 heteroatoms. The molecule has 0 aliphatic carbocycles. The number of carboxylic acids is 1. The Morgan fingerprint density at radius 2 is 1.83 bits per heavy atom. The summed E-state index contributed by atoms with van der Waals surface area (Å²) in [4.78, 5) is 22.2. The van der Waals surface area contributed by atoms with E-state index in [-0.39, 0.29) is 5.41 Å². The fourth-order valence-electron chi connectivity index (χ4n) is 1.56. The zero-order chi connectivity index (χ0) is 13.8. The van der Waals surface area contributed by atoms with Crippen LogP contribution in [0.5, 0.6) is 0 Å². The molecule has 1 atom stereocenters. The van der Waals surface area contributed by atoms with Gasteiger partial charge in [0.15, 0.2) is 0 Å². The van der Waals surface area contributed by atoms with Crippen molar-refractivity contribution in [3.05, 3.63) is 35.9 Å². The topological polar surface area (TPSA) is 66.4 Å². The molecule has 0 aliphatic rings. The van der Waals surface area contributed by atoms with E-state index in [2.05, 4.69) is 5.32 Å². The van der Waals surface area contributed by atoms with E-state index in [4.69, 9.17) is 5.11 Å². The van der Waals surface area contributed by atoms with E-state index in [1.807, 2.05) is 44.2 Å². The maximum Gasteiger partial charge on any atom is 0.315 e. The Labute approximate surface area is 107 Å². The molecule has 0 aliphatic heterocycles. The molecule has 1 unspecified atom stereocenters. The summed E-state index contributed by atoms with van der Waals surface area (Å²) in [6, 6.07) is 9.81. The predicted octanol–water partition coefficient (Wildman–Crippen LogP) is 1.80. The molecule has 2 N–H and O–H groups in total. The summed E-state index contributed by atoms with van der Waals surface area (Å²) in [7, 11) is 0. The zero-order valence-corrected chi connectivity index (χ0v) is 10.9. The van der Waals surface area contributed by atoms with Gasteiger partial charge in [0.1, 0.15) is 5.92 Å². The number of benzene rings is 1. The lowest BCUT2D eigenvalue weighted by atomic mass is 9.84. The van der Waals surface area contributed by atoms with E-state index in [9.17, 15) is 9.59 Å². The van der Waals surface area contributed by atoms with Gasteiger partial charge in [-0.25, -0.2) is 0 Å². The molecule has 0 saturated carbocycles. The number of aliphatic carboxylic acids is 1. The van der Waals surface area contributed by atoms with Crippen LogP contribution in [-0.4, -0.2) is 23.5 Å². The molecular weight excluding hydrogens is 230 g/mol. The molecule has 0 saturated heterocycles. The van der Waals surface area contributed by atoms with Crippen molar-refractivity contribution in [1.82, 2.24) is 5.32 Å². The van der Waals surface area contributed by atoms with Crippen molar-refractivity contribution >= 4 is 11.9 Å². The number of carboxylic acid groups (broad SMARTS) is 1. The van der Waals surface area contributed by atoms with Gasteiger partial charge in [0.2, 0.25) is 5.91 Å². The minimum absolute atomic E-state index is 0.227. The quantitative estimate of drug-likeness (QED) is 0.782. The molecule has 0 heterocycles. The molecule has 1 amide bonds. The minimum Gasteiger partial charge on any atom is -0.481 e. The largest absolute Gasteiger partial charge is 0.481 e. The first kappa shape index (κ1) is 14.2. The molecule has 0 aromatic heterocycles. The summed E-state index contributed by atoms with van der Waals surface area (Å²) in [5.74, 6) is -2.58. The molecule has 98 valence electrons. The van der Waals surface area contributed by atoms with Crippen molar-refractivity contribution in [2.75, 3.05) is 6.54 Å². The number of hydrogen-bond acceptors (Lipinski definition) is 2. The van der Waals surface area contributed by atoms with Gasteiger partial charge in [-0.2, -0.15) is 0 Å². The lowest BCUT2D eigenvalue weighted by Gasteiger charge is -2.26. The van der Waals surface area contributed by atoms with Crippen molar-refractivity contribution in [2.45, 2.75) is 26.2 Å². The molecule has 1 aromatic carbocycles. The molecule has 0 spiro atoms. The van der Waals surface area contributed by atoms with Crippen molar-refractivity contribution in [1.29, 1.82) is 0 Å². The third-order valence-electron chi connectivity index (χ3n) is 3.02. The van der Waals surface area contributed by atoms with Gasteiger partial charge >= 0.3 is 5.97 Å². The Hall–Kier alpha value is -1.84. The van der Waals surface area contributed by atoms with Crippen molar-refractivity contribution in [3.8, 4) is 0 Å². The third kappa shape index (κ3) is 3.58. The number of carbonyl (C=O) groups excluding carboxylic acids is 1. The highest BCUT2D eigenvalue weighted by atomic mass is 16.4. The second-order valence-electron chi connectivity index (χ2n) is 5.03. The van der Waals surface area contributed by atoms with Crippen LogP contribution in [0.2, 0.25) is 0 Å². The second-order valence-corrected chi connectivity index (χ2v) is 5.03. The van der Waals surface area contributed by atoms with Crippen molar-refractivity contribution in [2.24, 2.45) is 5.92 Å². The van der Waals surface area contributed by atoms with Crippen LogP contribution in [0.4, 0.5) is 0 Å². The van der Waals surface area contributed by atoms with Crippen LogP contribution in [0, 0.1) is 5.92 Å². The molecule has 1 rings (SSSR count). The standard InChI is InChI=1S/C14H19NO3/c1-10(13(17)18)12(16)15-9-14(2,3)11-7-5-4-6-8-11/h4-8,10H,9H2,1-3H3,(H,15,16)(H,17,18). The summed E-state index contributed by atoms with van der Waals surface area (Å²) in [5, 5.41) is 11.4. The Morgan fingerprint density at radius 1 is 1.28 bits per heavy atom. The summed E-state index contributed by atoms with van der Waals surface area (Å²) in [6.07, 6.45) is 0. The average molecular weight is 249 g/mol. The van der Waals surface area contributed by atoms with E-state index in [1.165, 1.54) is 6.92 Å². The number of nitrogens with one attached hydrogen (secondary N) is 1. The third-order valence-corrected chi connectivity index (χ3v) is 3.02. The molecule has 4 nitrogen and oxygen atoms in total. The van der Waals surface area contributed by atoms with Crippen LogP contribution in [0.15, 0.2) is 30.3 Å². The molecule has 0 radical (unpaired) electrons. The van der Waals surface area contributed by atoms with Crippen LogP contribution in [0.1, 0.15) is 26.3 Å². The monoisotopic (exact) mass is 249 g/mol. The van der Waals surface area contributed by atoms with Gasteiger partial charge in [0, 0.05) is 12.0 Å². The second kappa shape index (κ2) is 5.67. The summed E-state index contributed by atoms with van der Waals surface area (Å²) in [5.41, 5.74) is 0.878. The first-order chi connectivity index (χ1) is 8.34. The molecule has 0 fully saturated rings. The normalized spacial score (nSPS) is 12.8. The minimum atomic E-state index is -1.11. The average Bonchev–Trinajstić information content (AvgIpc) is 2.36. The van der Waals surface area contributed by atoms with Gasteiger partial charge < -0.3 is 10.4 Å². The predicted molar refractivity (Wildman–Crippen MR) is 69.3 cm³/mol. The molecular formula is C14H19NO3. The van der Waals surface area contributed by atoms with E-state index in [0.717, 1.165) is 5.56 Å². The van der Waals surface area contributed by atoms with Gasteiger partial charge in [0.25, 0.3) is 0 Å². The van der Waals surface area contributed by atoms with Gasteiger partial charge in [0.05, 0.1) is 0 Å². The number of hydrogen-bond donors (Lipinski definition) is 2. The maximum absolute atomic E-state index is 11.6. The van der Waals surface area contributed by atoms with Crippen molar-refractivity contribution in [3.63, 3.8) is 0 Å². The van der Waals surface area contributed by atoms with Gasteiger partial charge in [-0.1, -0.05) is 44.2 Å². The summed E-state index contributed by atoms with van der Waals surface area (Å²) < 4.78 is 0. The smallest absolute Gasteiger partial charge is 0.315 e. The summed E-state index contributed by atoms with van der Waals surface area (Å²) >= 11 is 0. The van der Waals surface area contributed by atoms with Crippen LogP contribution >= 0.6 is 0 Å². The fraction of sp³-hybridized carbons (Fsp3) is 0.429.